The molecule has 0 spiro atoms. The van der Waals surface area contributed by atoms with E-state index in [9.17, 15) is 0 Å². The Bertz CT molecular complexity index is 837. The molecule has 0 fully saturated rings. The van der Waals surface area contributed by atoms with Crippen molar-refractivity contribution in [3.63, 3.8) is 0 Å². The predicted octanol–water partition coefficient (Wildman–Crippen LogP) is 6.66. The van der Waals surface area contributed by atoms with Crippen molar-refractivity contribution in [1.29, 1.82) is 0 Å². The van der Waals surface area contributed by atoms with Gasteiger partial charge in [-0.3, -0.25) is 0 Å². The molecule has 1 rings (SSSR count). The number of hydrogen-bond donors (Lipinski definition) is 0. The van der Waals surface area contributed by atoms with Crippen LogP contribution in [-0.2, 0) is 0 Å². The van der Waals surface area contributed by atoms with E-state index in [0.717, 1.165) is 16.0 Å². The van der Waals surface area contributed by atoms with Crippen LogP contribution < -0.4 is 10.4 Å². The van der Waals surface area contributed by atoms with E-state index in [2.05, 4.69) is 96.4 Å². The molecule has 1 aromatic rings. The van der Waals surface area contributed by atoms with Crippen LogP contribution in [0, 0.1) is 6.92 Å². The summed E-state index contributed by atoms with van der Waals surface area (Å²) in [4.78, 5) is 0. The second-order valence-electron chi connectivity index (χ2n) is 6.17. The first-order chi connectivity index (χ1) is 12.3. The van der Waals surface area contributed by atoms with E-state index in [-0.39, 0.29) is 0 Å². The highest BCUT2D eigenvalue weighted by molar-refractivity contribution is 5.59. The lowest BCUT2D eigenvalue weighted by Crippen LogP contribution is -2.26. The molecule has 0 nitrogen and oxygen atoms in total. The van der Waals surface area contributed by atoms with Crippen molar-refractivity contribution in [1.82, 2.24) is 0 Å². The molecular formula is C26H36. The monoisotopic (exact) mass is 348 g/mol. The number of allylic oxidation sites excluding steroid dienone is 8. The van der Waals surface area contributed by atoms with Crippen LogP contribution in [0.5, 0.6) is 0 Å². The molecular weight excluding hydrogens is 312 g/mol. The summed E-state index contributed by atoms with van der Waals surface area (Å²) >= 11 is 0. The number of rotatable bonds is 5. The van der Waals surface area contributed by atoms with Gasteiger partial charge < -0.3 is 0 Å². The molecule has 0 heterocycles. The molecule has 0 atom stereocenters. The van der Waals surface area contributed by atoms with Crippen LogP contribution >= 0.6 is 0 Å². The van der Waals surface area contributed by atoms with E-state index < -0.39 is 0 Å². The summed E-state index contributed by atoms with van der Waals surface area (Å²) in [7, 11) is 0. The lowest BCUT2D eigenvalue weighted by molar-refractivity contribution is 1.32. The van der Waals surface area contributed by atoms with Gasteiger partial charge in [0.1, 0.15) is 0 Å². The van der Waals surface area contributed by atoms with E-state index >= 15 is 0 Å². The van der Waals surface area contributed by atoms with Crippen molar-refractivity contribution < 1.29 is 0 Å². The maximum Gasteiger partial charge on any atom is -0.0187 e. The van der Waals surface area contributed by atoms with Gasteiger partial charge in [-0.05, 0) is 79.8 Å². The van der Waals surface area contributed by atoms with Gasteiger partial charge in [-0.15, -0.1) is 0 Å². The second kappa shape index (κ2) is 12.1. The Morgan fingerprint density at radius 3 is 2.04 bits per heavy atom. The van der Waals surface area contributed by atoms with Crippen LogP contribution in [0.4, 0.5) is 0 Å². The van der Waals surface area contributed by atoms with Crippen molar-refractivity contribution in [2.24, 2.45) is 0 Å². The van der Waals surface area contributed by atoms with Crippen molar-refractivity contribution in [3.05, 3.63) is 86.9 Å². The molecule has 0 amide bonds. The fraction of sp³-hybridized carbons (Fsp3) is 0.308. The maximum absolute atomic E-state index is 4.26. The SMILES string of the molecule is C=C(/C=C\c1cc/c(=C/C=C(C)/C(C)=C/C)c(=C)c1C)/C(C)=C/C.CC. The fourth-order valence-corrected chi connectivity index (χ4v) is 2.21. The summed E-state index contributed by atoms with van der Waals surface area (Å²) in [6.07, 6.45) is 12.7. The minimum absolute atomic E-state index is 1.04. The van der Waals surface area contributed by atoms with E-state index in [1.807, 2.05) is 20.8 Å². The molecule has 0 N–H and O–H groups in total. The predicted molar refractivity (Wildman–Crippen MR) is 123 cm³/mol. The summed E-state index contributed by atoms with van der Waals surface area (Å²) in [6, 6.07) is 4.28. The Hall–Kier alpha value is -2.34. The summed E-state index contributed by atoms with van der Waals surface area (Å²) in [5.74, 6) is 0. The minimum atomic E-state index is 1.04. The Balaban J connectivity index is 0.00000301. The van der Waals surface area contributed by atoms with Gasteiger partial charge in [0, 0.05) is 0 Å². The first-order valence-corrected chi connectivity index (χ1v) is 9.42. The standard InChI is InChI=1S/C24H30.C2H6/c1-9-17(3)19(5)11-13-23-15-16-24(22(8)21(23)7)14-12-20(6)18(4)10-2;1-2/h9-16H,5,8H2,1-4,6-7H3;1-2H3/b13-11-,17-9+,18-10+,20-12+,24-14-;. The maximum atomic E-state index is 4.26. The molecule has 0 saturated carbocycles. The van der Waals surface area contributed by atoms with Crippen LogP contribution in [0.3, 0.4) is 0 Å². The van der Waals surface area contributed by atoms with Crippen molar-refractivity contribution in [2.45, 2.75) is 55.4 Å². The Morgan fingerprint density at radius 2 is 1.50 bits per heavy atom. The van der Waals surface area contributed by atoms with Crippen LogP contribution in [-0.4, -0.2) is 0 Å². The van der Waals surface area contributed by atoms with Crippen molar-refractivity contribution in [3.8, 4) is 0 Å². The molecule has 0 aromatic heterocycles. The third-order valence-electron chi connectivity index (χ3n) is 4.65. The summed E-state index contributed by atoms with van der Waals surface area (Å²) in [6.45, 7) is 24.9. The van der Waals surface area contributed by atoms with Gasteiger partial charge in [0.15, 0.2) is 0 Å². The normalized spacial score (nSPS) is 13.7. The van der Waals surface area contributed by atoms with Gasteiger partial charge in [-0.25, -0.2) is 0 Å². The Kier molecular flexibility index (Phi) is 11.0. The zero-order valence-electron chi connectivity index (χ0n) is 18.0. The zero-order chi connectivity index (χ0) is 20.3. The highest BCUT2D eigenvalue weighted by Gasteiger charge is 1.97. The van der Waals surface area contributed by atoms with Gasteiger partial charge in [0.2, 0.25) is 0 Å². The molecule has 26 heavy (non-hydrogen) atoms. The van der Waals surface area contributed by atoms with E-state index in [0.29, 0.717) is 0 Å². The average molecular weight is 349 g/mol. The zero-order valence-corrected chi connectivity index (χ0v) is 18.0. The molecule has 0 aliphatic rings. The number of benzene rings is 1. The second-order valence-corrected chi connectivity index (χ2v) is 6.17. The molecule has 0 saturated heterocycles. The van der Waals surface area contributed by atoms with E-state index in [1.54, 1.807) is 0 Å². The van der Waals surface area contributed by atoms with Crippen molar-refractivity contribution in [2.75, 3.05) is 0 Å². The van der Waals surface area contributed by atoms with Gasteiger partial charge in [-0.1, -0.05) is 81.2 Å². The fourth-order valence-electron chi connectivity index (χ4n) is 2.21. The van der Waals surface area contributed by atoms with E-state index in [4.69, 9.17) is 0 Å². The molecule has 0 bridgehead atoms. The van der Waals surface area contributed by atoms with Crippen LogP contribution in [0.2, 0.25) is 0 Å². The van der Waals surface area contributed by atoms with Crippen LogP contribution in [0.25, 0.3) is 18.7 Å². The van der Waals surface area contributed by atoms with Crippen molar-refractivity contribution >= 4 is 18.7 Å². The first kappa shape index (κ1) is 23.7. The molecule has 0 unspecified atom stereocenters. The van der Waals surface area contributed by atoms with Gasteiger partial charge in [0.05, 0.1) is 0 Å². The molecule has 0 heteroatoms. The molecule has 140 valence electrons. The van der Waals surface area contributed by atoms with Crippen LogP contribution in [0.1, 0.15) is 59.6 Å². The largest absolute Gasteiger partial charge is 0.0915 e. The lowest BCUT2D eigenvalue weighted by Gasteiger charge is -2.04. The summed E-state index contributed by atoms with van der Waals surface area (Å²) in [5, 5.41) is 2.24. The Labute approximate surface area is 161 Å². The van der Waals surface area contributed by atoms with Crippen LogP contribution in [0.15, 0.2) is 65.3 Å². The third kappa shape index (κ3) is 6.88. The Morgan fingerprint density at radius 1 is 0.923 bits per heavy atom. The van der Waals surface area contributed by atoms with E-state index in [1.165, 1.54) is 27.8 Å². The third-order valence-corrected chi connectivity index (χ3v) is 4.65. The molecule has 0 radical (unpaired) electrons. The highest BCUT2D eigenvalue weighted by Crippen LogP contribution is 2.12. The minimum Gasteiger partial charge on any atom is -0.0915 e. The van der Waals surface area contributed by atoms with Gasteiger partial charge in [0.25, 0.3) is 0 Å². The molecule has 1 aromatic carbocycles. The van der Waals surface area contributed by atoms with Gasteiger partial charge in [-0.2, -0.15) is 0 Å². The molecule has 0 aliphatic carbocycles. The van der Waals surface area contributed by atoms with Gasteiger partial charge >= 0.3 is 0 Å². The average Bonchev–Trinajstić information content (AvgIpc) is 2.67. The summed E-state index contributed by atoms with van der Waals surface area (Å²) < 4.78 is 0. The lowest BCUT2D eigenvalue weighted by atomic mass is 10.0. The summed E-state index contributed by atoms with van der Waals surface area (Å²) in [5.41, 5.74) is 7.21. The topological polar surface area (TPSA) is 0 Å². The first-order valence-electron chi connectivity index (χ1n) is 9.42. The smallest absolute Gasteiger partial charge is 0.0187 e. The highest BCUT2D eigenvalue weighted by atomic mass is 14.0. The molecule has 0 aliphatic heterocycles. The quantitative estimate of drug-likeness (QED) is 0.522. The number of hydrogen-bond acceptors (Lipinski definition) is 0.